The number of hydrogen-bond acceptors (Lipinski definition) is 4. The highest BCUT2D eigenvalue weighted by Crippen LogP contribution is 2.31. The van der Waals surface area contributed by atoms with Gasteiger partial charge in [-0.1, -0.05) is 53.5 Å². The summed E-state index contributed by atoms with van der Waals surface area (Å²) in [5.74, 6) is 0.654. The van der Waals surface area contributed by atoms with E-state index in [0.717, 1.165) is 5.56 Å². The van der Waals surface area contributed by atoms with Gasteiger partial charge in [0, 0.05) is 17.7 Å². The summed E-state index contributed by atoms with van der Waals surface area (Å²) < 4.78 is 10.9. The Morgan fingerprint density at radius 3 is 2.63 bits per heavy atom. The Morgan fingerprint density at radius 2 is 1.93 bits per heavy atom. The summed E-state index contributed by atoms with van der Waals surface area (Å²) in [5.41, 5.74) is 3.91. The number of benzene rings is 2. The van der Waals surface area contributed by atoms with Crippen molar-refractivity contribution in [3.8, 4) is 11.3 Å². The average molecular weight is 403 g/mol. The molecule has 138 valence electrons. The molecule has 0 saturated heterocycles. The molecule has 1 atom stereocenters. The van der Waals surface area contributed by atoms with Crippen LogP contribution in [0.5, 0.6) is 0 Å². The maximum atomic E-state index is 12.3. The first-order chi connectivity index (χ1) is 13.1. The van der Waals surface area contributed by atoms with Gasteiger partial charge in [-0.25, -0.2) is 5.43 Å². The van der Waals surface area contributed by atoms with E-state index in [2.05, 4.69) is 10.5 Å². The molecule has 1 amide bonds. The Labute approximate surface area is 166 Å². The second-order valence-electron chi connectivity index (χ2n) is 5.59. The minimum atomic E-state index is -0.747. The fourth-order valence-corrected chi connectivity index (χ4v) is 3.00. The molecular weight excluding hydrogens is 387 g/mol. The zero-order valence-electron chi connectivity index (χ0n) is 14.4. The van der Waals surface area contributed by atoms with Crippen molar-refractivity contribution in [1.29, 1.82) is 0 Å². The van der Waals surface area contributed by atoms with Gasteiger partial charge in [-0.3, -0.25) is 4.79 Å². The van der Waals surface area contributed by atoms with Gasteiger partial charge in [0.2, 0.25) is 0 Å². The first-order valence-electron chi connectivity index (χ1n) is 8.04. The predicted molar refractivity (Wildman–Crippen MR) is 106 cm³/mol. The van der Waals surface area contributed by atoms with Gasteiger partial charge in [-0.2, -0.15) is 5.10 Å². The molecule has 0 bridgehead atoms. The molecule has 0 radical (unpaired) electrons. The van der Waals surface area contributed by atoms with E-state index >= 15 is 0 Å². The number of furan rings is 1. The first kappa shape index (κ1) is 19.2. The molecule has 0 saturated carbocycles. The van der Waals surface area contributed by atoms with E-state index in [1.165, 1.54) is 13.3 Å². The van der Waals surface area contributed by atoms with E-state index in [1.54, 1.807) is 30.3 Å². The number of rotatable bonds is 6. The highest BCUT2D eigenvalue weighted by Gasteiger charge is 2.19. The highest BCUT2D eigenvalue weighted by molar-refractivity contribution is 6.36. The monoisotopic (exact) mass is 402 g/mol. The molecule has 5 nitrogen and oxygen atoms in total. The predicted octanol–water partition coefficient (Wildman–Crippen LogP) is 5.09. The third-order valence-corrected chi connectivity index (χ3v) is 4.31. The van der Waals surface area contributed by atoms with Crippen molar-refractivity contribution in [3.63, 3.8) is 0 Å². The standard InChI is InChI=1S/C20H16Cl2N2O3/c1-26-19(13-5-3-2-4-6-13)20(25)24-23-12-15-8-10-18(27-15)16-9-7-14(21)11-17(16)22/h2-12,19H,1H3,(H,24,25)/b23-12-/t19-/m0/s1. The smallest absolute Gasteiger partial charge is 0.273 e. The third kappa shape index (κ3) is 4.77. The SMILES string of the molecule is CO[C@H](C(=O)N/N=C\c1ccc(-c2ccc(Cl)cc2Cl)o1)c1ccccc1. The van der Waals surface area contributed by atoms with Crippen LogP contribution >= 0.6 is 23.2 Å². The number of carbonyl (C=O) groups excluding carboxylic acids is 1. The van der Waals surface area contributed by atoms with Crippen LogP contribution in [-0.2, 0) is 9.53 Å². The summed E-state index contributed by atoms with van der Waals surface area (Å²) in [6, 6.07) is 17.8. The Kier molecular flexibility index (Phi) is 6.29. The van der Waals surface area contributed by atoms with Crippen LogP contribution in [0.1, 0.15) is 17.4 Å². The van der Waals surface area contributed by atoms with Gasteiger partial charge in [0.1, 0.15) is 11.5 Å². The molecule has 0 aliphatic rings. The maximum Gasteiger partial charge on any atom is 0.273 e. The summed E-state index contributed by atoms with van der Waals surface area (Å²) in [6.45, 7) is 0. The van der Waals surface area contributed by atoms with Crippen LogP contribution in [0, 0.1) is 0 Å². The number of methoxy groups -OCH3 is 1. The molecule has 3 aromatic rings. The summed E-state index contributed by atoms with van der Waals surface area (Å²) >= 11 is 12.1. The fraction of sp³-hybridized carbons (Fsp3) is 0.100. The van der Waals surface area contributed by atoms with Crippen molar-refractivity contribution < 1.29 is 13.9 Å². The number of amides is 1. The molecule has 3 rings (SSSR count). The van der Waals surface area contributed by atoms with Gasteiger partial charge < -0.3 is 9.15 Å². The van der Waals surface area contributed by atoms with E-state index in [-0.39, 0.29) is 5.91 Å². The number of carbonyl (C=O) groups is 1. The zero-order valence-corrected chi connectivity index (χ0v) is 15.9. The number of nitrogens with zero attached hydrogens (tertiary/aromatic N) is 1. The lowest BCUT2D eigenvalue weighted by Crippen LogP contribution is -2.26. The van der Waals surface area contributed by atoms with Crippen LogP contribution in [0.3, 0.4) is 0 Å². The number of halogens is 2. The van der Waals surface area contributed by atoms with Gasteiger partial charge in [-0.15, -0.1) is 0 Å². The minimum absolute atomic E-state index is 0.382. The lowest BCUT2D eigenvalue weighted by molar-refractivity contribution is -0.131. The van der Waals surface area contributed by atoms with Crippen LogP contribution in [0.25, 0.3) is 11.3 Å². The van der Waals surface area contributed by atoms with Crippen molar-refractivity contribution in [2.75, 3.05) is 7.11 Å². The van der Waals surface area contributed by atoms with Crippen LogP contribution < -0.4 is 5.43 Å². The lowest BCUT2D eigenvalue weighted by atomic mass is 10.1. The van der Waals surface area contributed by atoms with Crippen LogP contribution in [0.2, 0.25) is 10.0 Å². The Morgan fingerprint density at radius 1 is 1.15 bits per heavy atom. The molecule has 0 fully saturated rings. The van der Waals surface area contributed by atoms with Crippen molar-refractivity contribution in [1.82, 2.24) is 5.43 Å². The Bertz CT molecular complexity index is 955. The van der Waals surface area contributed by atoms with E-state index in [9.17, 15) is 4.79 Å². The molecule has 27 heavy (non-hydrogen) atoms. The fourth-order valence-electron chi connectivity index (χ4n) is 2.50. The summed E-state index contributed by atoms with van der Waals surface area (Å²) in [7, 11) is 1.47. The Balaban J connectivity index is 1.66. The minimum Gasteiger partial charge on any atom is -0.455 e. The van der Waals surface area contributed by atoms with Crippen molar-refractivity contribution in [2.45, 2.75) is 6.10 Å². The van der Waals surface area contributed by atoms with Crippen molar-refractivity contribution >= 4 is 35.3 Å². The normalized spacial score (nSPS) is 12.3. The second-order valence-corrected chi connectivity index (χ2v) is 6.43. The highest BCUT2D eigenvalue weighted by atomic mass is 35.5. The van der Waals surface area contributed by atoms with Crippen LogP contribution in [-0.4, -0.2) is 19.2 Å². The van der Waals surface area contributed by atoms with E-state index in [4.69, 9.17) is 32.4 Å². The van der Waals surface area contributed by atoms with Gasteiger partial charge in [0.15, 0.2) is 6.10 Å². The van der Waals surface area contributed by atoms with E-state index < -0.39 is 6.10 Å². The van der Waals surface area contributed by atoms with E-state index in [1.807, 2.05) is 30.3 Å². The molecule has 1 heterocycles. The molecular formula is C20H16Cl2N2O3. The maximum absolute atomic E-state index is 12.3. The lowest BCUT2D eigenvalue weighted by Gasteiger charge is -2.13. The van der Waals surface area contributed by atoms with Crippen LogP contribution in [0.4, 0.5) is 0 Å². The third-order valence-electron chi connectivity index (χ3n) is 3.77. The quantitative estimate of drug-likeness (QED) is 0.461. The second kappa shape index (κ2) is 8.86. The van der Waals surface area contributed by atoms with Crippen molar-refractivity contribution in [2.24, 2.45) is 5.10 Å². The average Bonchev–Trinajstić information content (AvgIpc) is 3.12. The summed E-state index contributed by atoms with van der Waals surface area (Å²) in [5, 5.41) is 4.96. The number of nitrogens with one attached hydrogen (secondary N) is 1. The zero-order chi connectivity index (χ0) is 19.2. The van der Waals surface area contributed by atoms with Gasteiger partial charge in [0.25, 0.3) is 5.91 Å². The largest absolute Gasteiger partial charge is 0.455 e. The van der Waals surface area contributed by atoms with Crippen LogP contribution in [0.15, 0.2) is 70.2 Å². The van der Waals surface area contributed by atoms with Crippen molar-refractivity contribution in [3.05, 3.63) is 82.0 Å². The number of hydrazone groups is 1. The number of ether oxygens (including phenoxy) is 1. The molecule has 2 aromatic carbocycles. The molecule has 0 aliphatic heterocycles. The van der Waals surface area contributed by atoms with Gasteiger partial charge >= 0.3 is 0 Å². The topological polar surface area (TPSA) is 63.8 Å². The van der Waals surface area contributed by atoms with Gasteiger partial charge in [0.05, 0.1) is 11.2 Å². The molecule has 0 spiro atoms. The Hall–Kier alpha value is -2.60. The molecule has 0 aliphatic carbocycles. The molecule has 7 heteroatoms. The molecule has 0 unspecified atom stereocenters. The first-order valence-corrected chi connectivity index (χ1v) is 8.80. The summed E-state index contributed by atoms with van der Waals surface area (Å²) in [6.07, 6.45) is 0.659. The summed E-state index contributed by atoms with van der Waals surface area (Å²) in [4.78, 5) is 12.3. The van der Waals surface area contributed by atoms with Gasteiger partial charge in [-0.05, 0) is 35.9 Å². The molecule has 1 N–H and O–H groups in total. The molecule has 1 aromatic heterocycles. The number of hydrogen-bond donors (Lipinski definition) is 1. The van der Waals surface area contributed by atoms with E-state index in [0.29, 0.717) is 27.1 Å².